The molecule has 0 fully saturated rings. The Morgan fingerprint density at radius 1 is 1.22 bits per heavy atom. The Bertz CT molecular complexity index is 541. The van der Waals surface area contributed by atoms with Gasteiger partial charge in [-0.2, -0.15) is 0 Å². The molecule has 0 amide bonds. The van der Waals surface area contributed by atoms with Crippen LogP contribution in [0.15, 0.2) is 24.4 Å². The van der Waals surface area contributed by atoms with Crippen LogP contribution < -0.4 is 5.32 Å². The molecule has 0 spiro atoms. The number of rotatable bonds is 4. The predicted molar refractivity (Wildman–Crippen MR) is 76.0 cm³/mol. The molecule has 0 saturated heterocycles. The third-order valence-electron chi connectivity index (χ3n) is 3.16. The molecule has 2 N–H and O–H groups in total. The largest absolute Gasteiger partial charge is 0.508 e. The summed E-state index contributed by atoms with van der Waals surface area (Å²) in [6, 6.07) is 6.46. The van der Waals surface area contributed by atoms with Gasteiger partial charge in [0.2, 0.25) is 0 Å². The van der Waals surface area contributed by atoms with Gasteiger partial charge in [0.05, 0.1) is 5.52 Å². The Hall–Kier alpha value is -1.48. The molecule has 1 aromatic carbocycles. The summed E-state index contributed by atoms with van der Waals surface area (Å²) in [4.78, 5) is 0. The van der Waals surface area contributed by atoms with Crippen LogP contribution in [0.2, 0.25) is 0 Å². The second kappa shape index (κ2) is 5.02. The van der Waals surface area contributed by atoms with Crippen LogP contribution in [0.5, 0.6) is 5.75 Å². The van der Waals surface area contributed by atoms with Gasteiger partial charge in [-0.3, -0.25) is 0 Å². The second-order valence-electron chi connectivity index (χ2n) is 5.39. The maximum atomic E-state index is 9.63. The Labute approximate surface area is 108 Å². The molecule has 3 heteroatoms. The van der Waals surface area contributed by atoms with E-state index in [2.05, 4.69) is 43.8 Å². The summed E-state index contributed by atoms with van der Waals surface area (Å²) in [5.41, 5.74) is 2.39. The van der Waals surface area contributed by atoms with Crippen LogP contribution in [0.1, 0.15) is 39.3 Å². The Balaban J connectivity index is 2.47. The van der Waals surface area contributed by atoms with Crippen LogP contribution in [-0.2, 0) is 6.54 Å². The highest BCUT2D eigenvalue weighted by molar-refractivity contribution is 5.85. The minimum Gasteiger partial charge on any atom is -0.508 e. The minimum atomic E-state index is 0.325. The summed E-state index contributed by atoms with van der Waals surface area (Å²) in [5.74, 6) is 0.325. The van der Waals surface area contributed by atoms with Gasteiger partial charge in [-0.1, -0.05) is 13.8 Å². The molecule has 0 saturated carbocycles. The third kappa shape index (κ3) is 2.51. The molecule has 18 heavy (non-hydrogen) atoms. The van der Waals surface area contributed by atoms with Gasteiger partial charge in [-0.25, -0.2) is 0 Å². The van der Waals surface area contributed by atoms with E-state index in [0.29, 0.717) is 17.8 Å². The van der Waals surface area contributed by atoms with Crippen molar-refractivity contribution in [3.63, 3.8) is 0 Å². The van der Waals surface area contributed by atoms with Crippen molar-refractivity contribution >= 4 is 10.9 Å². The number of fused-ring (bicyclic) bond motifs is 1. The lowest BCUT2D eigenvalue weighted by Gasteiger charge is -2.09. The number of phenolic OH excluding ortho intramolecular Hbond substituents is 1. The molecule has 0 bridgehead atoms. The van der Waals surface area contributed by atoms with Gasteiger partial charge >= 0.3 is 0 Å². The number of nitrogens with one attached hydrogen (secondary N) is 1. The van der Waals surface area contributed by atoms with Gasteiger partial charge in [-0.05, 0) is 31.5 Å². The average Bonchev–Trinajstić information content (AvgIpc) is 2.64. The molecule has 0 aliphatic rings. The lowest BCUT2D eigenvalue weighted by atomic mass is 10.1. The molecule has 2 aromatic rings. The number of hydrogen-bond acceptors (Lipinski definition) is 2. The van der Waals surface area contributed by atoms with Gasteiger partial charge < -0.3 is 15.0 Å². The normalized spacial score (nSPS) is 11.9. The van der Waals surface area contributed by atoms with E-state index < -0.39 is 0 Å². The molecular formula is C15H22N2O. The zero-order chi connectivity index (χ0) is 13.3. The fourth-order valence-corrected chi connectivity index (χ4v) is 2.19. The molecule has 0 aliphatic heterocycles. The van der Waals surface area contributed by atoms with Gasteiger partial charge in [0.1, 0.15) is 5.75 Å². The Kier molecular flexibility index (Phi) is 3.62. The fraction of sp³-hybridized carbons (Fsp3) is 0.467. The van der Waals surface area contributed by atoms with Crippen LogP contribution in [0.4, 0.5) is 0 Å². The van der Waals surface area contributed by atoms with Crippen molar-refractivity contribution < 1.29 is 5.11 Å². The van der Waals surface area contributed by atoms with E-state index in [9.17, 15) is 5.11 Å². The number of aromatic hydroxyl groups is 1. The van der Waals surface area contributed by atoms with Crippen molar-refractivity contribution in [2.24, 2.45) is 0 Å². The van der Waals surface area contributed by atoms with Gasteiger partial charge in [-0.15, -0.1) is 0 Å². The minimum absolute atomic E-state index is 0.325. The molecule has 0 unspecified atom stereocenters. The lowest BCUT2D eigenvalue weighted by molar-refractivity contribution is 0.475. The molecule has 3 nitrogen and oxygen atoms in total. The first-order valence-electron chi connectivity index (χ1n) is 6.55. The highest BCUT2D eigenvalue weighted by Crippen LogP contribution is 2.27. The van der Waals surface area contributed by atoms with E-state index in [1.165, 1.54) is 10.9 Å². The van der Waals surface area contributed by atoms with Crippen molar-refractivity contribution in [1.82, 2.24) is 9.88 Å². The second-order valence-corrected chi connectivity index (χ2v) is 5.39. The Morgan fingerprint density at radius 3 is 2.56 bits per heavy atom. The molecule has 0 atom stereocenters. The smallest absolute Gasteiger partial charge is 0.117 e. The van der Waals surface area contributed by atoms with Crippen LogP contribution >= 0.6 is 0 Å². The molecule has 1 heterocycles. The average molecular weight is 246 g/mol. The predicted octanol–water partition coefficient (Wildman–Crippen LogP) is 3.43. The summed E-state index contributed by atoms with van der Waals surface area (Å²) in [5, 5.41) is 14.3. The van der Waals surface area contributed by atoms with Gasteiger partial charge in [0.25, 0.3) is 0 Å². The Morgan fingerprint density at radius 2 is 1.94 bits per heavy atom. The number of phenols is 1. The first-order chi connectivity index (χ1) is 8.49. The summed E-state index contributed by atoms with van der Waals surface area (Å²) in [6.07, 6.45) is 2.18. The highest BCUT2D eigenvalue weighted by atomic mass is 16.3. The number of nitrogens with zero attached hydrogens (tertiary/aromatic N) is 1. The zero-order valence-electron chi connectivity index (χ0n) is 11.6. The maximum absolute atomic E-state index is 9.63. The van der Waals surface area contributed by atoms with E-state index >= 15 is 0 Å². The highest BCUT2D eigenvalue weighted by Gasteiger charge is 2.11. The molecule has 1 aromatic heterocycles. The van der Waals surface area contributed by atoms with E-state index in [0.717, 1.165) is 12.1 Å². The van der Waals surface area contributed by atoms with Crippen molar-refractivity contribution in [2.45, 2.75) is 46.3 Å². The summed E-state index contributed by atoms with van der Waals surface area (Å²) >= 11 is 0. The summed E-state index contributed by atoms with van der Waals surface area (Å²) < 4.78 is 2.21. The SMILES string of the molecule is CC(C)NCc1cn(C(C)C)c2cc(O)ccc12. The maximum Gasteiger partial charge on any atom is 0.117 e. The van der Waals surface area contributed by atoms with Crippen LogP contribution in [-0.4, -0.2) is 15.7 Å². The molecule has 2 rings (SSSR count). The van der Waals surface area contributed by atoms with Crippen LogP contribution in [0.3, 0.4) is 0 Å². The molecule has 0 radical (unpaired) electrons. The first-order valence-corrected chi connectivity index (χ1v) is 6.55. The third-order valence-corrected chi connectivity index (χ3v) is 3.16. The molecular weight excluding hydrogens is 224 g/mol. The molecule has 0 aliphatic carbocycles. The van der Waals surface area contributed by atoms with E-state index in [4.69, 9.17) is 0 Å². The standard InChI is InChI=1S/C15H22N2O/c1-10(2)16-8-12-9-17(11(3)4)15-7-13(18)5-6-14(12)15/h5-7,9-11,16,18H,8H2,1-4H3. The lowest BCUT2D eigenvalue weighted by Crippen LogP contribution is -2.21. The first kappa shape index (κ1) is 13.0. The van der Waals surface area contributed by atoms with E-state index in [1.54, 1.807) is 6.07 Å². The topological polar surface area (TPSA) is 37.2 Å². The van der Waals surface area contributed by atoms with Crippen molar-refractivity contribution in [2.75, 3.05) is 0 Å². The zero-order valence-corrected chi connectivity index (χ0v) is 11.6. The summed E-state index contributed by atoms with van der Waals surface area (Å²) in [6.45, 7) is 9.46. The van der Waals surface area contributed by atoms with Crippen LogP contribution in [0, 0.1) is 0 Å². The summed E-state index contributed by atoms with van der Waals surface area (Å²) in [7, 11) is 0. The number of benzene rings is 1. The van der Waals surface area contributed by atoms with E-state index in [-0.39, 0.29) is 0 Å². The van der Waals surface area contributed by atoms with E-state index in [1.807, 2.05) is 12.1 Å². The van der Waals surface area contributed by atoms with Gasteiger partial charge in [0, 0.05) is 36.3 Å². The van der Waals surface area contributed by atoms with Gasteiger partial charge in [0.15, 0.2) is 0 Å². The van der Waals surface area contributed by atoms with Crippen LogP contribution in [0.25, 0.3) is 10.9 Å². The van der Waals surface area contributed by atoms with Crippen molar-refractivity contribution in [1.29, 1.82) is 0 Å². The fourth-order valence-electron chi connectivity index (χ4n) is 2.19. The van der Waals surface area contributed by atoms with Crippen molar-refractivity contribution in [3.8, 4) is 5.75 Å². The monoisotopic (exact) mass is 246 g/mol. The quantitative estimate of drug-likeness (QED) is 0.867. The van der Waals surface area contributed by atoms with Crippen molar-refractivity contribution in [3.05, 3.63) is 30.0 Å². The number of aromatic nitrogens is 1. The molecule has 98 valence electrons. The number of hydrogen-bond donors (Lipinski definition) is 2.